The van der Waals surface area contributed by atoms with E-state index in [9.17, 15) is 39.6 Å². The molecule has 1 radical (unpaired) electrons. The topological polar surface area (TPSA) is 322 Å². The third-order valence-corrected chi connectivity index (χ3v) is 1.78. The fourth-order valence-electron chi connectivity index (χ4n) is 0.298. The van der Waals surface area contributed by atoms with Gasteiger partial charge in [0.15, 0.2) is 0 Å². The number of rotatable bonds is 8. The molecule has 0 saturated heterocycles. The third kappa shape index (κ3) is 34.1. The van der Waals surface area contributed by atoms with Crippen molar-refractivity contribution in [1.82, 2.24) is 0 Å². The number of carboxylic acids is 4. The molecule has 0 rings (SSSR count). The first-order valence-corrected chi connectivity index (χ1v) is 6.72. The van der Waals surface area contributed by atoms with Gasteiger partial charge in [-0.15, -0.1) is 0 Å². The Morgan fingerprint density at radius 3 is 0.600 bits per heavy atom. The van der Waals surface area contributed by atoms with E-state index in [1.165, 1.54) is 0 Å². The van der Waals surface area contributed by atoms with Crippen molar-refractivity contribution in [3.8, 4) is 0 Å². The van der Waals surface area contributed by atoms with Gasteiger partial charge in [0.25, 0.3) is 0 Å². The normalized spacial score (nSPS) is 12.5. The largest absolute Gasteiger partial charge is 2.00 e. The SMILES string of the molecule is O=C([O-])C(O)CO.O=C([O-])C(O)CO.O=C([O-])C(O)CO.O=C([O-])C(O)CO.[Mn+2].[Ni+2]. The van der Waals surface area contributed by atoms with Crippen LogP contribution in [0.15, 0.2) is 0 Å². The summed E-state index contributed by atoms with van der Waals surface area (Å²) in [6.45, 7) is -3.16. The van der Waals surface area contributed by atoms with Crippen LogP contribution in [0.25, 0.3) is 0 Å². The van der Waals surface area contributed by atoms with Gasteiger partial charge in [-0.1, -0.05) is 0 Å². The van der Waals surface area contributed by atoms with Crippen LogP contribution in [0.4, 0.5) is 0 Å². The summed E-state index contributed by atoms with van der Waals surface area (Å²) in [5.74, 6) is -6.60. The van der Waals surface area contributed by atoms with Crippen molar-refractivity contribution < 1.29 is 114 Å². The van der Waals surface area contributed by atoms with Crippen molar-refractivity contribution in [3.63, 3.8) is 0 Å². The second kappa shape index (κ2) is 27.6. The van der Waals surface area contributed by atoms with Gasteiger partial charge < -0.3 is 80.5 Å². The van der Waals surface area contributed by atoms with E-state index in [1.807, 2.05) is 0 Å². The molecule has 16 nitrogen and oxygen atoms in total. The molecule has 0 aliphatic carbocycles. The van der Waals surface area contributed by atoms with Crippen molar-refractivity contribution in [1.29, 1.82) is 0 Å². The Morgan fingerprint density at radius 1 is 0.500 bits per heavy atom. The summed E-state index contributed by atoms with van der Waals surface area (Å²) in [4.78, 5) is 37.6. The van der Waals surface area contributed by atoms with Crippen molar-refractivity contribution in [2.24, 2.45) is 0 Å². The van der Waals surface area contributed by atoms with Gasteiger partial charge >= 0.3 is 33.6 Å². The summed E-state index contributed by atoms with van der Waals surface area (Å²) in [6.07, 6.45) is -6.94. The van der Waals surface area contributed by atoms with E-state index in [4.69, 9.17) is 40.9 Å². The van der Waals surface area contributed by atoms with Crippen molar-refractivity contribution in [2.45, 2.75) is 24.4 Å². The molecule has 30 heavy (non-hydrogen) atoms. The standard InChI is InChI=1S/4C3H6O4.Mn.Ni/c4*4-1-2(5)3(6)7;;/h4*2,4-5H,1H2,(H,6,7);;/q;;;;2*+2/p-4. The molecule has 18 heteroatoms. The van der Waals surface area contributed by atoms with Crippen LogP contribution in [-0.4, -0.2) is 116 Å². The van der Waals surface area contributed by atoms with Crippen LogP contribution in [0.1, 0.15) is 0 Å². The van der Waals surface area contributed by atoms with Crippen LogP contribution >= 0.6 is 0 Å². The number of hydrogen-bond donors (Lipinski definition) is 8. The first-order valence-electron chi connectivity index (χ1n) is 6.72. The summed E-state index contributed by atoms with van der Waals surface area (Å²) in [7, 11) is 0. The zero-order valence-corrected chi connectivity index (χ0v) is 16.8. The van der Waals surface area contributed by atoms with E-state index in [2.05, 4.69) is 0 Å². The van der Waals surface area contributed by atoms with Crippen LogP contribution in [0.3, 0.4) is 0 Å². The fraction of sp³-hybridized carbons (Fsp3) is 0.667. The number of hydrogen-bond acceptors (Lipinski definition) is 16. The number of carboxylic acid groups (broad SMARTS) is 4. The molecule has 0 aliphatic heterocycles. The minimum atomic E-state index is -1.74. The van der Waals surface area contributed by atoms with Crippen LogP contribution in [0.2, 0.25) is 0 Å². The van der Waals surface area contributed by atoms with Gasteiger partial charge in [0.05, 0.1) is 50.3 Å². The molecule has 4 unspecified atom stereocenters. The van der Waals surface area contributed by atoms with Gasteiger partial charge in [0.2, 0.25) is 0 Å². The van der Waals surface area contributed by atoms with Gasteiger partial charge in [0, 0.05) is 0 Å². The van der Waals surface area contributed by atoms with Crippen molar-refractivity contribution in [2.75, 3.05) is 26.4 Å². The summed E-state index contributed by atoms with van der Waals surface area (Å²) in [5, 5.41) is 101. The predicted octanol–water partition coefficient (Wildman–Crippen LogP) is -11.6. The molecule has 181 valence electrons. The molecular weight excluding hydrogens is 514 g/mol. The second-order valence-corrected chi connectivity index (χ2v) is 4.07. The first-order chi connectivity index (χ1) is 12.7. The monoisotopic (exact) mass is 533 g/mol. The minimum absolute atomic E-state index is 0. The fourth-order valence-corrected chi connectivity index (χ4v) is 0.298. The van der Waals surface area contributed by atoms with Gasteiger partial charge in [-0.3, -0.25) is 0 Å². The molecule has 0 amide bonds. The molecule has 0 bridgehead atoms. The molecule has 0 aliphatic rings. The van der Waals surface area contributed by atoms with Crippen molar-refractivity contribution in [3.05, 3.63) is 0 Å². The van der Waals surface area contributed by atoms with Gasteiger partial charge in [-0.25, -0.2) is 0 Å². The maximum Gasteiger partial charge on any atom is 2.00 e. The van der Waals surface area contributed by atoms with E-state index in [0.29, 0.717) is 0 Å². The zero-order valence-electron chi connectivity index (χ0n) is 14.7. The zero-order chi connectivity index (χ0) is 23.4. The molecule has 8 N–H and O–H groups in total. The summed E-state index contributed by atoms with van der Waals surface area (Å²) in [6, 6.07) is 0. The third-order valence-electron chi connectivity index (χ3n) is 1.78. The number of aliphatic hydroxyl groups is 8. The number of carbonyl (C=O) groups is 4. The molecule has 0 aromatic heterocycles. The second-order valence-electron chi connectivity index (χ2n) is 4.07. The van der Waals surface area contributed by atoms with Gasteiger partial charge in [-0.05, 0) is 0 Å². The molecule has 0 fully saturated rings. The summed E-state index contributed by atoms with van der Waals surface area (Å²) < 4.78 is 0. The summed E-state index contributed by atoms with van der Waals surface area (Å²) in [5.41, 5.74) is 0. The Balaban J connectivity index is -0.0000000626. The Kier molecular flexibility index (Phi) is 39.2. The van der Waals surface area contributed by atoms with E-state index in [0.717, 1.165) is 0 Å². The van der Waals surface area contributed by atoms with Gasteiger partial charge in [-0.2, -0.15) is 0 Å². The van der Waals surface area contributed by atoms with Crippen LogP contribution in [-0.2, 0) is 52.7 Å². The molecule has 0 aromatic carbocycles. The van der Waals surface area contributed by atoms with E-state index in [1.54, 1.807) is 0 Å². The molecule has 0 saturated carbocycles. The number of aliphatic hydroxyl groups excluding tert-OH is 8. The quantitative estimate of drug-likeness (QED) is 0.134. The molecule has 0 spiro atoms. The maximum absolute atomic E-state index is 9.41. The Labute approximate surface area is 189 Å². The molecule has 0 aromatic rings. The maximum atomic E-state index is 9.41. The van der Waals surface area contributed by atoms with Crippen molar-refractivity contribution >= 4 is 23.9 Å². The molecular formula is C12H20MnNiO16. The minimum Gasteiger partial charge on any atom is -0.547 e. The predicted molar refractivity (Wildman–Crippen MR) is 72.4 cm³/mol. The Hall–Kier alpha value is -1.43. The number of aliphatic carboxylic acids is 4. The van der Waals surface area contributed by atoms with Crippen LogP contribution < -0.4 is 20.4 Å². The smallest absolute Gasteiger partial charge is 0.547 e. The average Bonchev–Trinajstić information content (AvgIpc) is 2.66. The molecule has 0 heterocycles. The Morgan fingerprint density at radius 2 is 0.600 bits per heavy atom. The molecule has 4 atom stereocenters. The van der Waals surface area contributed by atoms with Gasteiger partial charge in [0.1, 0.15) is 24.4 Å². The van der Waals surface area contributed by atoms with Crippen LogP contribution in [0, 0.1) is 0 Å². The Bertz CT molecular complexity index is 370. The first kappa shape index (κ1) is 42.6. The van der Waals surface area contributed by atoms with E-state index >= 15 is 0 Å². The summed E-state index contributed by atoms with van der Waals surface area (Å²) >= 11 is 0. The average molecular weight is 534 g/mol. The van der Waals surface area contributed by atoms with Crippen LogP contribution in [0.5, 0.6) is 0 Å². The van der Waals surface area contributed by atoms with E-state index < -0.39 is 74.7 Å². The van der Waals surface area contributed by atoms with E-state index in [-0.39, 0.29) is 33.6 Å². The number of carbonyl (C=O) groups excluding carboxylic acids is 4.